The Morgan fingerprint density at radius 2 is 2.27 bits per heavy atom. The number of alkyl halides is 2. The van der Waals surface area contributed by atoms with Crippen LogP contribution in [0.5, 0.6) is 5.75 Å². The van der Waals surface area contributed by atoms with Crippen molar-refractivity contribution in [1.82, 2.24) is 4.98 Å². The van der Waals surface area contributed by atoms with Gasteiger partial charge in [-0.1, -0.05) is 0 Å². The second kappa shape index (κ2) is 4.52. The maximum atomic E-state index is 12.5. The van der Waals surface area contributed by atoms with Gasteiger partial charge in [0.2, 0.25) is 0 Å². The molecule has 0 aliphatic heterocycles. The van der Waals surface area contributed by atoms with Crippen LogP contribution in [-0.4, -0.2) is 23.2 Å². The van der Waals surface area contributed by atoms with Crippen molar-refractivity contribution in [2.75, 3.05) is 7.11 Å². The molecule has 0 aliphatic rings. The van der Waals surface area contributed by atoms with E-state index < -0.39 is 23.7 Å². The van der Waals surface area contributed by atoms with E-state index in [9.17, 15) is 13.6 Å². The van der Waals surface area contributed by atoms with Crippen molar-refractivity contribution >= 4 is 21.9 Å². The van der Waals surface area contributed by atoms with Crippen molar-refractivity contribution in [3.05, 3.63) is 21.9 Å². The van der Waals surface area contributed by atoms with Crippen LogP contribution in [0.25, 0.3) is 0 Å². The summed E-state index contributed by atoms with van der Waals surface area (Å²) < 4.78 is 29.7. The average Bonchev–Trinajstić information content (AvgIpc) is 2.16. The third-order valence-electron chi connectivity index (χ3n) is 1.62. The van der Waals surface area contributed by atoms with E-state index in [1.165, 1.54) is 7.11 Å². The van der Waals surface area contributed by atoms with Crippen LogP contribution >= 0.6 is 15.9 Å². The zero-order valence-corrected chi connectivity index (χ0v) is 9.09. The molecule has 0 aromatic carbocycles. The predicted octanol–water partition coefficient (Wildman–Crippen LogP) is 2.49. The van der Waals surface area contributed by atoms with Crippen LogP contribution < -0.4 is 4.74 Å². The lowest BCUT2D eigenvalue weighted by atomic mass is 10.2. The van der Waals surface area contributed by atoms with E-state index in [0.29, 0.717) is 0 Å². The van der Waals surface area contributed by atoms with Crippen molar-refractivity contribution in [3.63, 3.8) is 0 Å². The molecule has 0 atom stereocenters. The molecule has 7 heteroatoms. The molecule has 1 aromatic heterocycles. The van der Waals surface area contributed by atoms with Gasteiger partial charge in [0.1, 0.15) is 10.3 Å². The fraction of sp³-hybridized carbons (Fsp3) is 0.250. The van der Waals surface area contributed by atoms with Gasteiger partial charge in [-0.3, -0.25) is 0 Å². The first-order valence-corrected chi connectivity index (χ1v) is 4.52. The monoisotopic (exact) mass is 281 g/mol. The van der Waals surface area contributed by atoms with E-state index >= 15 is 0 Å². The number of carboxylic acid groups (broad SMARTS) is 1. The SMILES string of the molecule is COc1c(C(F)F)cc(C(=O)O)nc1Br. The van der Waals surface area contributed by atoms with E-state index in [-0.39, 0.29) is 10.4 Å². The standard InChI is InChI=1S/C8H6BrF2NO3/c1-15-5-3(7(10)11)2-4(8(13)14)12-6(5)9/h2,7H,1H3,(H,13,14). The molecule has 1 rings (SSSR count). The van der Waals surface area contributed by atoms with Gasteiger partial charge in [-0.05, 0) is 22.0 Å². The third-order valence-corrected chi connectivity index (χ3v) is 2.16. The molecule has 0 fully saturated rings. The van der Waals surface area contributed by atoms with Crippen molar-refractivity contribution in [3.8, 4) is 5.75 Å². The second-order valence-electron chi connectivity index (χ2n) is 2.53. The quantitative estimate of drug-likeness (QED) is 0.865. The summed E-state index contributed by atoms with van der Waals surface area (Å²) in [6.07, 6.45) is -2.82. The number of hydrogen-bond donors (Lipinski definition) is 1. The van der Waals surface area contributed by atoms with Crippen molar-refractivity contribution in [2.24, 2.45) is 0 Å². The Morgan fingerprint density at radius 3 is 2.67 bits per heavy atom. The number of ether oxygens (including phenoxy) is 1. The highest BCUT2D eigenvalue weighted by Crippen LogP contribution is 2.34. The highest BCUT2D eigenvalue weighted by molar-refractivity contribution is 9.10. The Balaban J connectivity index is 3.38. The fourth-order valence-corrected chi connectivity index (χ4v) is 1.58. The van der Waals surface area contributed by atoms with E-state index in [4.69, 9.17) is 5.11 Å². The van der Waals surface area contributed by atoms with Crippen LogP contribution in [0.3, 0.4) is 0 Å². The van der Waals surface area contributed by atoms with E-state index in [1.54, 1.807) is 0 Å². The molecule has 0 spiro atoms. The molecule has 0 saturated carbocycles. The predicted molar refractivity (Wildman–Crippen MR) is 50.4 cm³/mol. The number of nitrogens with zero attached hydrogens (tertiary/aromatic N) is 1. The Labute approximate surface area is 92.0 Å². The van der Waals surface area contributed by atoms with Gasteiger partial charge in [0, 0.05) is 0 Å². The topological polar surface area (TPSA) is 59.4 Å². The molecule has 15 heavy (non-hydrogen) atoms. The van der Waals surface area contributed by atoms with E-state index in [2.05, 4.69) is 25.7 Å². The molecule has 1 aromatic rings. The first-order valence-electron chi connectivity index (χ1n) is 3.73. The number of carbonyl (C=O) groups is 1. The summed E-state index contributed by atoms with van der Waals surface area (Å²) in [5, 5.41) is 8.61. The van der Waals surface area contributed by atoms with Gasteiger partial charge in [-0.2, -0.15) is 0 Å². The summed E-state index contributed by atoms with van der Waals surface area (Å²) >= 11 is 2.86. The fourth-order valence-electron chi connectivity index (χ4n) is 0.994. The minimum atomic E-state index is -2.82. The molecule has 82 valence electrons. The second-order valence-corrected chi connectivity index (χ2v) is 3.28. The number of aromatic carboxylic acids is 1. The summed E-state index contributed by atoms with van der Waals surface area (Å²) in [4.78, 5) is 14.1. The van der Waals surface area contributed by atoms with Gasteiger partial charge in [0.05, 0.1) is 12.7 Å². The minimum absolute atomic E-state index is 0.0554. The molecule has 0 saturated heterocycles. The van der Waals surface area contributed by atoms with Crippen molar-refractivity contribution in [2.45, 2.75) is 6.43 Å². The summed E-state index contributed by atoms with van der Waals surface area (Å²) in [7, 11) is 1.20. The molecule has 4 nitrogen and oxygen atoms in total. The maximum absolute atomic E-state index is 12.5. The highest BCUT2D eigenvalue weighted by Gasteiger charge is 2.21. The molecule has 1 heterocycles. The Kier molecular flexibility index (Phi) is 3.57. The zero-order valence-electron chi connectivity index (χ0n) is 7.50. The first kappa shape index (κ1) is 11.8. The van der Waals surface area contributed by atoms with Crippen LogP contribution in [0.15, 0.2) is 10.7 Å². The van der Waals surface area contributed by atoms with E-state index in [1.807, 2.05) is 0 Å². The van der Waals surface area contributed by atoms with Gasteiger partial charge in [-0.15, -0.1) is 0 Å². The van der Waals surface area contributed by atoms with Crippen LogP contribution in [0.4, 0.5) is 8.78 Å². The largest absolute Gasteiger partial charge is 0.493 e. The Hall–Kier alpha value is -1.24. The van der Waals surface area contributed by atoms with Gasteiger partial charge in [0.15, 0.2) is 5.75 Å². The number of halogens is 3. The molecule has 0 radical (unpaired) electrons. The number of carboxylic acids is 1. The highest BCUT2D eigenvalue weighted by atomic mass is 79.9. The van der Waals surface area contributed by atoms with Crippen molar-refractivity contribution in [1.29, 1.82) is 0 Å². The number of methoxy groups -OCH3 is 1. The summed E-state index contributed by atoms with van der Waals surface area (Å²) in [5.41, 5.74) is -0.963. The molecule has 0 unspecified atom stereocenters. The van der Waals surface area contributed by atoms with Gasteiger partial charge in [-0.25, -0.2) is 18.6 Å². The lowest BCUT2D eigenvalue weighted by Gasteiger charge is -2.09. The maximum Gasteiger partial charge on any atom is 0.354 e. The zero-order chi connectivity index (χ0) is 11.6. The summed E-state index contributed by atoms with van der Waals surface area (Å²) in [5.74, 6) is -1.53. The Bertz CT molecular complexity index is 398. The number of hydrogen-bond acceptors (Lipinski definition) is 3. The lowest BCUT2D eigenvalue weighted by Crippen LogP contribution is -2.05. The van der Waals surface area contributed by atoms with Gasteiger partial charge in [0.25, 0.3) is 6.43 Å². The molecule has 0 aliphatic carbocycles. The molecular weight excluding hydrogens is 276 g/mol. The normalized spacial score (nSPS) is 10.5. The average molecular weight is 282 g/mol. The Morgan fingerprint density at radius 1 is 1.67 bits per heavy atom. The summed E-state index contributed by atoms with van der Waals surface area (Å²) in [6.45, 7) is 0. The lowest BCUT2D eigenvalue weighted by molar-refractivity contribution is 0.0689. The minimum Gasteiger partial charge on any atom is -0.493 e. The number of rotatable bonds is 3. The van der Waals surface area contributed by atoms with E-state index in [0.717, 1.165) is 6.07 Å². The number of pyridine rings is 1. The molecular formula is C8H6BrF2NO3. The van der Waals surface area contributed by atoms with Gasteiger partial charge >= 0.3 is 5.97 Å². The van der Waals surface area contributed by atoms with Crippen LogP contribution in [0, 0.1) is 0 Å². The van der Waals surface area contributed by atoms with Crippen LogP contribution in [-0.2, 0) is 0 Å². The molecule has 1 N–H and O–H groups in total. The summed E-state index contributed by atoms with van der Waals surface area (Å²) in [6, 6.07) is 0.788. The first-order chi connectivity index (χ1) is 6.97. The third kappa shape index (κ3) is 2.41. The van der Waals surface area contributed by atoms with Gasteiger partial charge < -0.3 is 9.84 Å². The molecule has 0 bridgehead atoms. The van der Waals surface area contributed by atoms with Crippen molar-refractivity contribution < 1.29 is 23.4 Å². The van der Waals surface area contributed by atoms with Crippen LogP contribution in [0.1, 0.15) is 22.5 Å². The van der Waals surface area contributed by atoms with Crippen LogP contribution in [0.2, 0.25) is 0 Å². The molecule has 0 amide bonds. The number of aromatic nitrogens is 1. The smallest absolute Gasteiger partial charge is 0.354 e.